The van der Waals surface area contributed by atoms with Crippen molar-refractivity contribution in [2.75, 3.05) is 33.8 Å². The number of sulfonamides is 1. The molecule has 1 amide bonds. The Bertz CT molecular complexity index is 1010. The number of amides is 1. The Morgan fingerprint density at radius 3 is 2.74 bits per heavy atom. The van der Waals surface area contributed by atoms with Gasteiger partial charge < -0.3 is 14.1 Å². The van der Waals surface area contributed by atoms with Crippen LogP contribution < -0.4 is 5.76 Å². The van der Waals surface area contributed by atoms with Crippen molar-refractivity contribution in [3.8, 4) is 0 Å². The number of ether oxygens (including phenoxy) is 1. The normalized spacial score (nSPS) is 18.4. The summed E-state index contributed by atoms with van der Waals surface area (Å²) in [6.07, 6.45) is 0.806. The zero-order chi connectivity index (χ0) is 19.8. The lowest BCUT2D eigenvalue weighted by Crippen LogP contribution is -2.47. The maximum absolute atomic E-state index is 12.6. The van der Waals surface area contributed by atoms with Gasteiger partial charge in [-0.3, -0.25) is 9.36 Å². The van der Waals surface area contributed by atoms with Crippen molar-refractivity contribution < 1.29 is 22.4 Å². The molecular weight excluding hydrogens is 374 g/mol. The number of carbonyl (C=O) groups excluding carboxylic acids is 1. The molecular formula is C17H23N3O6S. The van der Waals surface area contributed by atoms with E-state index >= 15 is 0 Å². The molecule has 0 aliphatic carbocycles. The smallest absolute Gasteiger partial charge is 0.408 e. The van der Waals surface area contributed by atoms with Crippen LogP contribution in [0.25, 0.3) is 11.1 Å². The first-order chi connectivity index (χ1) is 12.7. The van der Waals surface area contributed by atoms with Gasteiger partial charge in [0.1, 0.15) is 6.54 Å². The molecule has 1 aromatic carbocycles. The van der Waals surface area contributed by atoms with Gasteiger partial charge in [-0.15, -0.1) is 0 Å². The predicted molar refractivity (Wildman–Crippen MR) is 98.0 cm³/mol. The Morgan fingerprint density at radius 1 is 1.33 bits per heavy atom. The molecule has 1 fully saturated rings. The Labute approximate surface area is 157 Å². The standard InChI is InChI=1S/C17H23N3O6S/c1-4-12-10-19(7-8-25-12)16(21)11-20-14-6-5-13(27(23,24)18(2)3)9-15(14)26-17(20)22/h5-6,9,12H,4,7-8,10-11H2,1-3H3/t12-/m0/s1. The highest BCUT2D eigenvalue weighted by Crippen LogP contribution is 2.20. The molecule has 1 aliphatic heterocycles. The van der Waals surface area contributed by atoms with Crippen molar-refractivity contribution in [2.45, 2.75) is 30.9 Å². The minimum atomic E-state index is -3.65. The SMILES string of the molecule is CC[C@H]1CN(C(=O)Cn2c(=O)oc3cc(S(=O)(=O)N(C)C)ccc32)CCO1. The second-order valence-corrected chi connectivity index (χ2v) is 8.76. The summed E-state index contributed by atoms with van der Waals surface area (Å²) >= 11 is 0. The molecule has 9 nitrogen and oxygen atoms in total. The number of fused-ring (bicyclic) bond motifs is 1. The summed E-state index contributed by atoms with van der Waals surface area (Å²) in [6.45, 7) is 3.27. The van der Waals surface area contributed by atoms with Crippen LogP contribution in [0.5, 0.6) is 0 Å². The summed E-state index contributed by atoms with van der Waals surface area (Å²) in [5, 5.41) is 0. The number of nitrogens with zero attached hydrogens (tertiary/aromatic N) is 3. The van der Waals surface area contributed by atoms with Crippen molar-refractivity contribution in [3.63, 3.8) is 0 Å². The summed E-state index contributed by atoms with van der Waals surface area (Å²) < 4.78 is 37.5. The summed E-state index contributed by atoms with van der Waals surface area (Å²) in [5.41, 5.74) is 0.510. The molecule has 1 atom stereocenters. The number of carbonyl (C=O) groups is 1. The number of morpholine rings is 1. The lowest BCUT2D eigenvalue weighted by atomic mass is 10.2. The Kier molecular flexibility index (Phi) is 5.41. The van der Waals surface area contributed by atoms with Crippen LogP contribution in [0.4, 0.5) is 0 Å². The van der Waals surface area contributed by atoms with Crippen molar-refractivity contribution in [3.05, 3.63) is 28.7 Å². The van der Waals surface area contributed by atoms with E-state index in [9.17, 15) is 18.0 Å². The number of oxazole rings is 1. The van der Waals surface area contributed by atoms with Crippen molar-refractivity contribution in [1.29, 1.82) is 0 Å². The van der Waals surface area contributed by atoms with Crippen molar-refractivity contribution in [1.82, 2.24) is 13.8 Å². The molecule has 0 saturated carbocycles. The molecule has 148 valence electrons. The van der Waals surface area contributed by atoms with Crippen molar-refractivity contribution >= 4 is 27.0 Å². The van der Waals surface area contributed by atoms with Crippen LogP contribution in [0.2, 0.25) is 0 Å². The minimum absolute atomic E-state index is 0.000635. The van der Waals surface area contributed by atoms with E-state index in [4.69, 9.17) is 9.15 Å². The molecule has 0 bridgehead atoms. The third-order valence-corrected chi connectivity index (χ3v) is 6.47. The fourth-order valence-electron chi connectivity index (χ4n) is 3.00. The zero-order valence-electron chi connectivity index (χ0n) is 15.5. The van der Waals surface area contributed by atoms with Crippen LogP contribution in [-0.4, -0.2) is 68.0 Å². The van der Waals surface area contributed by atoms with Gasteiger partial charge >= 0.3 is 5.76 Å². The number of rotatable bonds is 5. The van der Waals surface area contributed by atoms with Crippen LogP contribution in [0.1, 0.15) is 13.3 Å². The highest BCUT2D eigenvalue weighted by molar-refractivity contribution is 7.89. The second kappa shape index (κ2) is 7.45. The molecule has 0 unspecified atom stereocenters. The van der Waals surface area contributed by atoms with E-state index in [1.807, 2.05) is 6.92 Å². The lowest BCUT2D eigenvalue weighted by molar-refractivity contribution is -0.139. The first-order valence-electron chi connectivity index (χ1n) is 8.69. The van der Waals surface area contributed by atoms with E-state index in [0.717, 1.165) is 10.7 Å². The van der Waals surface area contributed by atoms with Gasteiger partial charge in [0.25, 0.3) is 0 Å². The van der Waals surface area contributed by atoms with E-state index in [-0.39, 0.29) is 29.0 Å². The minimum Gasteiger partial charge on any atom is -0.408 e. The molecule has 2 aromatic rings. The molecule has 1 aliphatic rings. The Morgan fingerprint density at radius 2 is 2.07 bits per heavy atom. The van der Waals surface area contributed by atoms with E-state index in [1.165, 1.54) is 36.9 Å². The van der Waals surface area contributed by atoms with Gasteiger partial charge in [0.05, 0.1) is 23.1 Å². The molecule has 3 rings (SSSR count). The summed E-state index contributed by atoms with van der Waals surface area (Å²) in [4.78, 5) is 26.5. The van der Waals surface area contributed by atoms with Crippen LogP contribution in [-0.2, 0) is 26.1 Å². The largest absolute Gasteiger partial charge is 0.420 e. The fourth-order valence-corrected chi connectivity index (χ4v) is 3.91. The molecule has 10 heteroatoms. The highest BCUT2D eigenvalue weighted by atomic mass is 32.2. The molecule has 0 spiro atoms. The molecule has 0 N–H and O–H groups in total. The monoisotopic (exact) mass is 397 g/mol. The Hall–Kier alpha value is -2.17. The fraction of sp³-hybridized carbons (Fsp3) is 0.529. The van der Waals surface area contributed by atoms with Crippen LogP contribution in [0.3, 0.4) is 0 Å². The molecule has 0 radical (unpaired) electrons. The zero-order valence-corrected chi connectivity index (χ0v) is 16.4. The van der Waals surface area contributed by atoms with Gasteiger partial charge in [-0.25, -0.2) is 17.5 Å². The van der Waals surface area contributed by atoms with E-state index < -0.39 is 15.8 Å². The van der Waals surface area contributed by atoms with Gasteiger partial charge in [0.15, 0.2) is 5.58 Å². The number of hydrogen-bond donors (Lipinski definition) is 0. The molecule has 1 aromatic heterocycles. The first-order valence-corrected chi connectivity index (χ1v) is 10.1. The van der Waals surface area contributed by atoms with Crippen LogP contribution in [0.15, 0.2) is 32.3 Å². The maximum Gasteiger partial charge on any atom is 0.420 e. The van der Waals surface area contributed by atoms with Gasteiger partial charge in [-0.2, -0.15) is 0 Å². The summed E-state index contributed by atoms with van der Waals surface area (Å²) in [6, 6.07) is 4.18. The summed E-state index contributed by atoms with van der Waals surface area (Å²) in [7, 11) is -0.804. The average molecular weight is 397 g/mol. The second-order valence-electron chi connectivity index (χ2n) is 6.61. The van der Waals surface area contributed by atoms with Gasteiger partial charge in [-0.1, -0.05) is 6.92 Å². The Balaban J connectivity index is 1.88. The lowest BCUT2D eigenvalue weighted by Gasteiger charge is -2.32. The number of benzene rings is 1. The molecule has 27 heavy (non-hydrogen) atoms. The topological polar surface area (TPSA) is 102 Å². The van der Waals surface area contributed by atoms with Gasteiger partial charge in [-0.05, 0) is 18.6 Å². The van der Waals surface area contributed by atoms with E-state index in [0.29, 0.717) is 25.2 Å². The first kappa shape index (κ1) is 19.6. The van der Waals surface area contributed by atoms with Gasteiger partial charge in [0, 0.05) is 33.3 Å². The third kappa shape index (κ3) is 3.78. The molecule has 2 heterocycles. The highest BCUT2D eigenvalue weighted by Gasteiger charge is 2.25. The van der Waals surface area contributed by atoms with E-state index in [1.54, 1.807) is 4.90 Å². The van der Waals surface area contributed by atoms with Crippen LogP contribution >= 0.6 is 0 Å². The van der Waals surface area contributed by atoms with Crippen LogP contribution in [0, 0.1) is 0 Å². The maximum atomic E-state index is 12.6. The third-order valence-electron chi connectivity index (χ3n) is 4.66. The van der Waals surface area contributed by atoms with Gasteiger partial charge in [0.2, 0.25) is 15.9 Å². The quantitative estimate of drug-likeness (QED) is 0.727. The predicted octanol–water partition coefficient (Wildman–Crippen LogP) is 0.482. The number of hydrogen-bond acceptors (Lipinski definition) is 6. The average Bonchev–Trinajstić information content (AvgIpc) is 2.96. The number of aromatic nitrogens is 1. The molecule has 1 saturated heterocycles. The summed E-state index contributed by atoms with van der Waals surface area (Å²) in [5.74, 6) is -0.899. The van der Waals surface area contributed by atoms with Crippen molar-refractivity contribution in [2.24, 2.45) is 0 Å². The van der Waals surface area contributed by atoms with E-state index in [2.05, 4.69) is 0 Å².